The number of hydrogen-bond donors (Lipinski definition) is 2. The molecule has 0 saturated carbocycles. The van der Waals surface area contributed by atoms with Gasteiger partial charge in [0.25, 0.3) is 0 Å². The fraction of sp³-hybridized carbons (Fsp3) is 0.400. The van der Waals surface area contributed by atoms with E-state index in [9.17, 15) is 4.79 Å². The topological polar surface area (TPSA) is 49.3 Å². The lowest BCUT2D eigenvalue weighted by Crippen LogP contribution is -2.13. The van der Waals surface area contributed by atoms with Crippen molar-refractivity contribution in [2.75, 3.05) is 11.9 Å². The zero-order valence-corrected chi connectivity index (χ0v) is 11.9. The van der Waals surface area contributed by atoms with Crippen LogP contribution >= 0.6 is 11.6 Å². The Morgan fingerprint density at radius 1 is 1.47 bits per heavy atom. The maximum Gasteiger partial charge on any atom is 0.224 e. The highest BCUT2D eigenvalue weighted by atomic mass is 35.5. The molecule has 102 valence electrons. The number of aliphatic hydroxyl groups is 1. The van der Waals surface area contributed by atoms with Crippen molar-refractivity contribution >= 4 is 23.2 Å². The van der Waals surface area contributed by atoms with Crippen LogP contribution in [-0.2, 0) is 4.79 Å². The lowest BCUT2D eigenvalue weighted by Gasteiger charge is -2.09. The van der Waals surface area contributed by atoms with E-state index in [2.05, 4.69) is 31.0 Å². The number of halogens is 1. The second-order valence-electron chi connectivity index (χ2n) is 4.63. The molecule has 0 unspecified atom stereocenters. The Morgan fingerprint density at radius 2 is 2.21 bits per heavy atom. The molecule has 1 rings (SSSR count). The molecule has 19 heavy (non-hydrogen) atoms. The molecule has 1 aromatic rings. The molecule has 0 spiro atoms. The minimum absolute atomic E-state index is 0.0388. The van der Waals surface area contributed by atoms with Gasteiger partial charge >= 0.3 is 0 Å². The highest BCUT2D eigenvalue weighted by Gasteiger charge is 2.07. The van der Waals surface area contributed by atoms with Gasteiger partial charge in [-0.1, -0.05) is 37.3 Å². The van der Waals surface area contributed by atoms with Gasteiger partial charge in [-0.05, 0) is 30.5 Å². The number of benzene rings is 1. The zero-order chi connectivity index (χ0) is 14.3. The third kappa shape index (κ3) is 5.78. The molecule has 0 aromatic heterocycles. The molecule has 3 nitrogen and oxygen atoms in total. The average Bonchev–Trinajstić information content (AvgIpc) is 2.36. The first-order valence-corrected chi connectivity index (χ1v) is 6.60. The Hall–Kier alpha value is -1.50. The molecular weight excluding hydrogens is 262 g/mol. The summed E-state index contributed by atoms with van der Waals surface area (Å²) in [6.07, 6.45) is 1.32. The van der Waals surface area contributed by atoms with Crippen LogP contribution < -0.4 is 5.32 Å². The molecular formula is C15H18ClNO2. The van der Waals surface area contributed by atoms with Gasteiger partial charge in [0.1, 0.15) is 6.61 Å². The Balaban J connectivity index is 2.79. The van der Waals surface area contributed by atoms with Gasteiger partial charge < -0.3 is 10.4 Å². The van der Waals surface area contributed by atoms with Gasteiger partial charge in [-0.2, -0.15) is 0 Å². The fourth-order valence-corrected chi connectivity index (χ4v) is 1.67. The summed E-state index contributed by atoms with van der Waals surface area (Å²) in [5.41, 5.74) is 1.23. The van der Waals surface area contributed by atoms with Gasteiger partial charge in [-0.3, -0.25) is 4.79 Å². The summed E-state index contributed by atoms with van der Waals surface area (Å²) < 4.78 is 0. The van der Waals surface area contributed by atoms with Gasteiger partial charge in [0.15, 0.2) is 0 Å². The molecule has 0 bridgehead atoms. The Labute approximate surface area is 119 Å². The maximum absolute atomic E-state index is 11.8. The summed E-state index contributed by atoms with van der Waals surface area (Å²) in [6.45, 7) is 3.93. The van der Waals surface area contributed by atoms with Gasteiger partial charge in [0.2, 0.25) is 5.91 Å². The van der Waals surface area contributed by atoms with Crippen molar-refractivity contribution in [1.29, 1.82) is 0 Å². The second kappa shape index (κ2) is 7.83. The number of carbonyl (C=O) groups excluding carboxylic acids is 1. The van der Waals surface area contributed by atoms with Crippen molar-refractivity contribution in [2.45, 2.75) is 26.7 Å². The van der Waals surface area contributed by atoms with E-state index in [1.165, 1.54) is 0 Å². The lowest BCUT2D eigenvalue weighted by atomic mass is 10.1. The first kappa shape index (κ1) is 15.6. The normalized spacial score (nSPS) is 9.95. The van der Waals surface area contributed by atoms with Crippen molar-refractivity contribution in [1.82, 2.24) is 0 Å². The highest BCUT2D eigenvalue weighted by molar-refractivity contribution is 6.30. The molecule has 2 N–H and O–H groups in total. The number of rotatable bonds is 4. The Kier molecular flexibility index (Phi) is 6.41. The van der Waals surface area contributed by atoms with Crippen LogP contribution in [0, 0.1) is 17.8 Å². The van der Waals surface area contributed by atoms with E-state index in [0.29, 0.717) is 28.6 Å². The Morgan fingerprint density at radius 3 is 2.84 bits per heavy atom. The smallest absolute Gasteiger partial charge is 0.224 e. The van der Waals surface area contributed by atoms with Crippen LogP contribution in [0.5, 0.6) is 0 Å². The quantitative estimate of drug-likeness (QED) is 0.832. The molecule has 1 aromatic carbocycles. The second-order valence-corrected chi connectivity index (χ2v) is 5.07. The third-order valence-electron chi connectivity index (χ3n) is 2.51. The fourth-order valence-electron chi connectivity index (χ4n) is 1.50. The van der Waals surface area contributed by atoms with E-state index in [0.717, 1.165) is 6.42 Å². The summed E-state index contributed by atoms with van der Waals surface area (Å²) in [4.78, 5) is 11.8. The molecule has 0 aliphatic heterocycles. The zero-order valence-electron chi connectivity index (χ0n) is 11.2. The molecule has 0 aliphatic carbocycles. The van der Waals surface area contributed by atoms with Crippen molar-refractivity contribution in [3.8, 4) is 11.8 Å². The van der Waals surface area contributed by atoms with E-state index < -0.39 is 0 Å². The van der Waals surface area contributed by atoms with Crippen LogP contribution in [0.4, 0.5) is 5.69 Å². The van der Waals surface area contributed by atoms with Gasteiger partial charge in [-0.25, -0.2) is 0 Å². The monoisotopic (exact) mass is 279 g/mol. The number of aliphatic hydroxyl groups excluding tert-OH is 1. The number of nitrogens with one attached hydrogen (secondary N) is 1. The van der Waals surface area contributed by atoms with E-state index in [1.807, 2.05) is 0 Å². The van der Waals surface area contributed by atoms with Crippen LogP contribution in [0.25, 0.3) is 0 Å². The first-order chi connectivity index (χ1) is 9.02. The number of anilines is 1. The van der Waals surface area contributed by atoms with Crippen molar-refractivity contribution in [3.05, 3.63) is 28.8 Å². The molecule has 0 fully saturated rings. The SMILES string of the molecule is CC(C)CCC(=O)Nc1ccc(Cl)cc1C#CCO. The maximum atomic E-state index is 11.8. The number of carbonyl (C=O) groups is 1. The van der Waals surface area contributed by atoms with Crippen molar-refractivity contribution in [3.63, 3.8) is 0 Å². The number of hydrogen-bond acceptors (Lipinski definition) is 2. The van der Waals surface area contributed by atoms with Gasteiger partial charge in [0, 0.05) is 17.0 Å². The average molecular weight is 280 g/mol. The summed E-state index contributed by atoms with van der Waals surface area (Å²) in [5.74, 6) is 5.78. The molecule has 0 atom stereocenters. The molecule has 4 heteroatoms. The minimum Gasteiger partial charge on any atom is -0.384 e. The van der Waals surface area contributed by atoms with Gasteiger partial charge in [-0.15, -0.1) is 0 Å². The van der Waals surface area contributed by atoms with Crippen LogP contribution in [0.2, 0.25) is 5.02 Å². The molecule has 0 saturated heterocycles. The van der Waals surface area contributed by atoms with Crippen LogP contribution in [-0.4, -0.2) is 17.6 Å². The molecule has 0 radical (unpaired) electrons. The number of amides is 1. The highest BCUT2D eigenvalue weighted by Crippen LogP contribution is 2.20. The van der Waals surface area contributed by atoms with Crippen molar-refractivity contribution < 1.29 is 9.90 Å². The minimum atomic E-state index is -0.229. The van der Waals surface area contributed by atoms with Crippen LogP contribution in [0.15, 0.2) is 18.2 Å². The molecule has 0 aliphatic rings. The summed E-state index contributed by atoms with van der Waals surface area (Å²) in [7, 11) is 0. The predicted octanol–water partition coefficient (Wildman–Crippen LogP) is 3.06. The van der Waals surface area contributed by atoms with E-state index >= 15 is 0 Å². The van der Waals surface area contributed by atoms with Crippen molar-refractivity contribution in [2.24, 2.45) is 5.92 Å². The summed E-state index contributed by atoms with van der Waals surface area (Å²) >= 11 is 5.89. The lowest BCUT2D eigenvalue weighted by molar-refractivity contribution is -0.116. The van der Waals surface area contributed by atoms with E-state index in [1.54, 1.807) is 18.2 Å². The van der Waals surface area contributed by atoms with Crippen LogP contribution in [0.3, 0.4) is 0 Å². The van der Waals surface area contributed by atoms with E-state index in [-0.39, 0.29) is 12.5 Å². The summed E-state index contributed by atoms with van der Waals surface area (Å²) in [6, 6.07) is 5.09. The largest absolute Gasteiger partial charge is 0.384 e. The first-order valence-electron chi connectivity index (χ1n) is 6.22. The summed E-state index contributed by atoms with van der Waals surface area (Å²) in [5, 5.41) is 12.1. The molecule has 1 amide bonds. The van der Waals surface area contributed by atoms with E-state index in [4.69, 9.17) is 16.7 Å². The van der Waals surface area contributed by atoms with Crippen LogP contribution in [0.1, 0.15) is 32.3 Å². The third-order valence-corrected chi connectivity index (χ3v) is 2.74. The Bertz CT molecular complexity index is 501. The predicted molar refractivity (Wildman–Crippen MR) is 78.1 cm³/mol. The standard InChI is InChI=1S/C15H18ClNO2/c1-11(2)5-8-15(19)17-14-7-6-13(16)10-12(14)4-3-9-18/h6-7,10-11,18H,5,8-9H2,1-2H3,(H,17,19). The van der Waals surface area contributed by atoms with Gasteiger partial charge in [0.05, 0.1) is 5.69 Å². The molecule has 0 heterocycles.